The van der Waals surface area contributed by atoms with Crippen LogP contribution in [0.1, 0.15) is 37.3 Å². The number of fused-ring (bicyclic) bond motifs is 1. The van der Waals surface area contributed by atoms with Gasteiger partial charge in [-0.05, 0) is 70.5 Å². The SMILES string of the molecule is COc1ccc(C)c([C@@]23C=CCC[C@@]2(O)C(C)N(C)CC3)c1Oc1ccccc1. The van der Waals surface area contributed by atoms with Crippen molar-refractivity contribution in [2.24, 2.45) is 0 Å². The Balaban J connectivity index is 1.96. The zero-order valence-corrected chi connectivity index (χ0v) is 17.8. The highest BCUT2D eigenvalue weighted by molar-refractivity contribution is 5.59. The lowest BCUT2D eigenvalue weighted by Gasteiger charge is -2.58. The van der Waals surface area contributed by atoms with Gasteiger partial charge in [-0.25, -0.2) is 0 Å². The molecule has 2 aromatic carbocycles. The molecule has 0 amide bonds. The van der Waals surface area contributed by atoms with E-state index >= 15 is 0 Å². The van der Waals surface area contributed by atoms with Crippen LogP contribution in [0.15, 0.2) is 54.6 Å². The maximum absolute atomic E-state index is 12.1. The highest BCUT2D eigenvalue weighted by atomic mass is 16.5. The molecule has 1 unspecified atom stereocenters. The minimum Gasteiger partial charge on any atom is -0.493 e. The van der Waals surface area contributed by atoms with E-state index in [0.29, 0.717) is 11.5 Å². The first kappa shape index (κ1) is 20.0. The monoisotopic (exact) mass is 393 g/mol. The molecule has 0 spiro atoms. The zero-order valence-electron chi connectivity index (χ0n) is 17.8. The van der Waals surface area contributed by atoms with Gasteiger partial charge in [0.15, 0.2) is 11.5 Å². The fourth-order valence-electron chi connectivity index (χ4n) is 5.26. The summed E-state index contributed by atoms with van der Waals surface area (Å²) >= 11 is 0. The fourth-order valence-corrected chi connectivity index (χ4v) is 5.26. The second-order valence-electron chi connectivity index (χ2n) is 8.45. The zero-order chi connectivity index (χ0) is 20.6. The van der Waals surface area contributed by atoms with Gasteiger partial charge in [0, 0.05) is 17.0 Å². The number of para-hydroxylation sites is 1. The Bertz CT molecular complexity index is 910. The summed E-state index contributed by atoms with van der Waals surface area (Å²) in [6.45, 7) is 5.16. The largest absolute Gasteiger partial charge is 0.493 e. The summed E-state index contributed by atoms with van der Waals surface area (Å²) in [6.07, 6.45) is 6.90. The number of hydrogen-bond acceptors (Lipinski definition) is 4. The van der Waals surface area contributed by atoms with Gasteiger partial charge in [-0.1, -0.05) is 36.4 Å². The predicted molar refractivity (Wildman–Crippen MR) is 116 cm³/mol. The number of allylic oxidation sites excluding steroid dienone is 1. The average molecular weight is 394 g/mol. The van der Waals surface area contributed by atoms with Gasteiger partial charge in [-0.3, -0.25) is 0 Å². The second kappa shape index (κ2) is 7.51. The van der Waals surface area contributed by atoms with Gasteiger partial charge in [0.25, 0.3) is 0 Å². The Labute approximate surface area is 173 Å². The summed E-state index contributed by atoms with van der Waals surface area (Å²) in [6, 6.07) is 13.9. The standard InChI is InChI=1S/C25H31NO3/c1-18-12-13-21(28-4)23(29-20-10-6-5-7-11-20)22(18)24-14-8-9-15-25(24,27)19(2)26(3)17-16-24/h5-8,10-14,19,27H,9,15-17H2,1-4H3/t19?,24-,25+/m0/s1. The maximum Gasteiger partial charge on any atom is 0.173 e. The number of piperidine rings is 1. The highest BCUT2D eigenvalue weighted by Gasteiger charge is 2.58. The molecule has 4 nitrogen and oxygen atoms in total. The van der Waals surface area contributed by atoms with Crippen molar-refractivity contribution in [3.63, 3.8) is 0 Å². The van der Waals surface area contributed by atoms with Gasteiger partial charge in [-0.15, -0.1) is 0 Å². The third kappa shape index (κ3) is 3.06. The van der Waals surface area contributed by atoms with Gasteiger partial charge in [0.1, 0.15) is 5.75 Å². The number of rotatable bonds is 4. The molecule has 3 atom stereocenters. The van der Waals surface area contributed by atoms with Crippen molar-refractivity contribution in [1.29, 1.82) is 0 Å². The van der Waals surface area contributed by atoms with Crippen molar-refractivity contribution >= 4 is 0 Å². The van der Waals surface area contributed by atoms with Crippen molar-refractivity contribution in [3.8, 4) is 17.2 Å². The molecule has 1 heterocycles. The Morgan fingerprint density at radius 3 is 2.59 bits per heavy atom. The first-order valence-corrected chi connectivity index (χ1v) is 10.4. The second-order valence-corrected chi connectivity index (χ2v) is 8.45. The number of hydrogen-bond donors (Lipinski definition) is 1. The summed E-state index contributed by atoms with van der Waals surface area (Å²) in [5, 5.41) is 12.1. The molecule has 1 aliphatic heterocycles. The van der Waals surface area contributed by atoms with E-state index in [0.717, 1.165) is 42.7 Å². The van der Waals surface area contributed by atoms with Crippen LogP contribution in [0.4, 0.5) is 0 Å². The van der Waals surface area contributed by atoms with Crippen molar-refractivity contribution in [2.75, 3.05) is 20.7 Å². The lowest BCUT2D eigenvalue weighted by molar-refractivity contribution is -0.119. The summed E-state index contributed by atoms with van der Waals surface area (Å²) in [5.74, 6) is 2.16. The number of methoxy groups -OCH3 is 1. The molecule has 4 heteroatoms. The van der Waals surface area contributed by atoms with Crippen LogP contribution in [0.25, 0.3) is 0 Å². The molecule has 0 bridgehead atoms. The molecule has 0 saturated carbocycles. The van der Waals surface area contributed by atoms with Crippen LogP contribution in [0.3, 0.4) is 0 Å². The van der Waals surface area contributed by atoms with Crippen LogP contribution < -0.4 is 9.47 Å². The molecular formula is C25H31NO3. The molecule has 1 N–H and O–H groups in total. The van der Waals surface area contributed by atoms with Gasteiger partial charge in [-0.2, -0.15) is 0 Å². The Hall–Kier alpha value is -2.30. The van der Waals surface area contributed by atoms with Crippen LogP contribution >= 0.6 is 0 Å². The van der Waals surface area contributed by atoms with E-state index in [1.807, 2.05) is 36.4 Å². The minimum atomic E-state index is -0.874. The van der Waals surface area contributed by atoms with E-state index in [1.165, 1.54) is 0 Å². The molecule has 2 aromatic rings. The summed E-state index contributed by atoms with van der Waals surface area (Å²) < 4.78 is 12.2. The van der Waals surface area contributed by atoms with Crippen molar-refractivity contribution in [1.82, 2.24) is 4.90 Å². The van der Waals surface area contributed by atoms with Gasteiger partial charge < -0.3 is 19.5 Å². The number of ether oxygens (including phenoxy) is 2. The van der Waals surface area contributed by atoms with E-state index in [9.17, 15) is 5.11 Å². The molecule has 2 aliphatic rings. The molecule has 1 aliphatic carbocycles. The van der Waals surface area contributed by atoms with Crippen LogP contribution in [0.5, 0.6) is 17.2 Å². The van der Waals surface area contributed by atoms with Crippen molar-refractivity contribution < 1.29 is 14.6 Å². The molecule has 0 radical (unpaired) electrons. The van der Waals surface area contributed by atoms with Crippen LogP contribution in [-0.4, -0.2) is 42.4 Å². The van der Waals surface area contributed by atoms with E-state index in [-0.39, 0.29) is 6.04 Å². The first-order chi connectivity index (χ1) is 13.9. The van der Waals surface area contributed by atoms with E-state index in [2.05, 4.69) is 44.0 Å². The maximum atomic E-state index is 12.1. The Morgan fingerprint density at radius 2 is 1.86 bits per heavy atom. The Kier molecular flexibility index (Phi) is 5.18. The average Bonchev–Trinajstić information content (AvgIpc) is 2.73. The topological polar surface area (TPSA) is 41.9 Å². The Morgan fingerprint density at radius 1 is 1.10 bits per heavy atom. The lowest BCUT2D eigenvalue weighted by Crippen LogP contribution is -2.67. The highest BCUT2D eigenvalue weighted by Crippen LogP contribution is 2.56. The third-order valence-electron chi connectivity index (χ3n) is 7.04. The summed E-state index contributed by atoms with van der Waals surface area (Å²) in [7, 11) is 3.77. The quantitative estimate of drug-likeness (QED) is 0.755. The fraction of sp³-hybridized carbons (Fsp3) is 0.440. The normalized spacial score (nSPS) is 29.3. The number of aliphatic hydroxyl groups is 1. The number of nitrogens with zero attached hydrogens (tertiary/aromatic N) is 1. The third-order valence-corrected chi connectivity index (χ3v) is 7.04. The van der Waals surface area contributed by atoms with Crippen molar-refractivity contribution in [2.45, 2.75) is 50.2 Å². The molecule has 1 fully saturated rings. The number of likely N-dealkylation sites (tertiary alicyclic amines) is 1. The lowest BCUT2D eigenvalue weighted by atomic mass is 9.55. The molecule has 4 rings (SSSR count). The number of likely N-dealkylation sites (N-methyl/N-ethyl adjacent to an activating group) is 1. The van der Waals surface area contributed by atoms with Gasteiger partial charge >= 0.3 is 0 Å². The molecular weight excluding hydrogens is 362 g/mol. The molecule has 0 aromatic heterocycles. The van der Waals surface area contributed by atoms with Crippen LogP contribution in [0, 0.1) is 6.92 Å². The summed E-state index contributed by atoms with van der Waals surface area (Å²) in [5.41, 5.74) is 0.762. The van der Waals surface area contributed by atoms with E-state index in [1.54, 1.807) is 7.11 Å². The first-order valence-electron chi connectivity index (χ1n) is 10.4. The van der Waals surface area contributed by atoms with Crippen molar-refractivity contribution in [3.05, 3.63) is 65.7 Å². The van der Waals surface area contributed by atoms with Crippen LogP contribution in [-0.2, 0) is 5.41 Å². The van der Waals surface area contributed by atoms with E-state index < -0.39 is 11.0 Å². The van der Waals surface area contributed by atoms with Crippen LogP contribution in [0.2, 0.25) is 0 Å². The minimum absolute atomic E-state index is 0.0383. The number of aryl methyl sites for hydroxylation is 1. The number of benzene rings is 2. The van der Waals surface area contributed by atoms with E-state index in [4.69, 9.17) is 9.47 Å². The molecule has 29 heavy (non-hydrogen) atoms. The summed E-state index contributed by atoms with van der Waals surface area (Å²) in [4.78, 5) is 2.27. The van der Waals surface area contributed by atoms with Gasteiger partial charge in [0.2, 0.25) is 0 Å². The predicted octanol–water partition coefficient (Wildman–Crippen LogP) is 4.84. The molecule has 1 saturated heterocycles. The molecule has 154 valence electrons. The smallest absolute Gasteiger partial charge is 0.173 e. The van der Waals surface area contributed by atoms with Gasteiger partial charge in [0.05, 0.1) is 12.7 Å².